The summed E-state index contributed by atoms with van der Waals surface area (Å²) >= 11 is 4.85. The van der Waals surface area contributed by atoms with Crippen molar-refractivity contribution in [1.82, 2.24) is 25.6 Å². The van der Waals surface area contributed by atoms with Gasteiger partial charge in [-0.1, -0.05) is 0 Å². The molecule has 0 amide bonds. The third-order valence-electron chi connectivity index (χ3n) is 1.58. The largest absolute Gasteiger partial charge is 0.448 e. The van der Waals surface area contributed by atoms with Crippen molar-refractivity contribution >= 4 is 17.3 Å². The summed E-state index contributed by atoms with van der Waals surface area (Å²) in [6.45, 7) is 1.68. The fraction of sp³-hybridized carbons (Fsp3) is 0.125. The zero-order valence-electron chi connectivity index (χ0n) is 7.84. The van der Waals surface area contributed by atoms with Gasteiger partial charge in [0.25, 0.3) is 0 Å². The third-order valence-corrected chi connectivity index (χ3v) is 1.66. The Morgan fingerprint density at radius 3 is 3.07 bits per heavy atom. The van der Waals surface area contributed by atoms with Crippen LogP contribution in [-0.4, -0.2) is 30.7 Å². The molecule has 7 heteroatoms. The molecule has 0 aliphatic heterocycles. The summed E-state index contributed by atoms with van der Waals surface area (Å²) in [4.78, 5) is 4.10. The lowest BCUT2D eigenvalue weighted by Crippen LogP contribution is -2.01. The van der Waals surface area contributed by atoms with E-state index in [4.69, 9.17) is 17.0 Å². The summed E-state index contributed by atoms with van der Waals surface area (Å²) in [7, 11) is 0. The molecule has 0 spiro atoms. The van der Waals surface area contributed by atoms with Crippen LogP contribution in [0.25, 0.3) is 11.5 Å². The number of rotatable bonds is 2. The van der Waals surface area contributed by atoms with Crippen LogP contribution in [0.5, 0.6) is 5.75 Å². The van der Waals surface area contributed by atoms with Crippen molar-refractivity contribution in [2.75, 3.05) is 0 Å². The highest BCUT2D eigenvalue weighted by molar-refractivity contribution is 7.80. The van der Waals surface area contributed by atoms with E-state index in [2.05, 4.69) is 25.6 Å². The standard InChI is InChI=1S/C8H7N5OS/c1-5(15)14-6-3-2-4-9-7(6)8-10-12-13-11-8/h2-4H,1H3,(H,10,11,12,13). The van der Waals surface area contributed by atoms with Gasteiger partial charge in [-0.15, -0.1) is 10.2 Å². The topological polar surface area (TPSA) is 76.6 Å². The first-order chi connectivity index (χ1) is 7.27. The number of H-pyrrole nitrogens is 1. The molecule has 0 aliphatic carbocycles. The van der Waals surface area contributed by atoms with Crippen LogP contribution in [0.4, 0.5) is 0 Å². The van der Waals surface area contributed by atoms with E-state index in [1.807, 2.05) is 0 Å². The van der Waals surface area contributed by atoms with Crippen LogP contribution in [0.1, 0.15) is 6.92 Å². The van der Waals surface area contributed by atoms with Crippen molar-refractivity contribution in [3.8, 4) is 17.3 Å². The monoisotopic (exact) mass is 221 g/mol. The second-order valence-corrected chi connectivity index (χ2v) is 3.25. The van der Waals surface area contributed by atoms with Gasteiger partial charge in [-0.2, -0.15) is 5.21 Å². The highest BCUT2D eigenvalue weighted by atomic mass is 32.1. The number of pyridine rings is 1. The fourth-order valence-electron chi connectivity index (χ4n) is 1.06. The molecule has 0 aliphatic rings. The van der Waals surface area contributed by atoms with E-state index in [9.17, 15) is 0 Å². The lowest BCUT2D eigenvalue weighted by atomic mass is 10.3. The molecule has 0 bridgehead atoms. The van der Waals surface area contributed by atoms with E-state index in [0.717, 1.165) is 0 Å². The molecule has 2 aromatic rings. The van der Waals surface area contributed by atoms with Gasteiger partial charge >= 0.3 is 0 Å². The van der Waals surface area contributed by atoms with Gasteiger partial charge in [0.2, 0.25) is 5.82 Å². The lowest BCUT2D eigenvalue weighted by Gasteiger charge is -2.05. The van der Waals surface area contributed by atoms with Crippen molar-refractivity contribution < 1.29 is 4.74 Å². The van der Waals surface area contributed by atoms with E-state index in [-0.39, 0.29) is 0 Å². The van der Waals surface area contributed by atoms with E-state index < -0.39 is 0 Å². The highest BCUT2D eigenvalue weighted by Gasteiger charge is 2.11. The van der Waals surface area contributed by atoms with E-state index in [1.165, 1.54) is 0 Å². The van der Waals surface area contributed by atoms with Crippen molar-refractivity contribution in [1.29, 1.82) is 0 Å². The molecule has 6 nitrogen and oxygen atoms in total. The van der Waals surface area contributed by atoms with Gasteiger partial charge in [-0.05, 0) is 29.6 Å². The predicted octanol–water partition coefficient (Wildman–Crippen LogP) is 0.988. The van der Waals surface area contributed by atoms with Gasteiger partial charge in [0.15, 0.2) is 16.5 Å². The van der Waals surface area contributed by atoms with Crippen LogP contribution < -0.4 is 4.74 Å². The average Bonchev–Trinajstić information content (AvgIpc) is 2.70. The Morgan fingerprint density at radius 1 is 1.53 bits per heavy atom. The Labute approximate surface area is 90.7 Å². The SMILES string of the molecule is CC(=S)Oc1cccnc1-c1nn[nH]n1. The van der Waals surface area contributed by atoms with Crippen LogP contribution in [-0.2, 0) is 0 Å². The Kier molecular flexibility index (Phi) is 2.64. The van der Waals surface area contributed by atoms with Crippen molar-refractivity contribution in [2.45, 2.75) is 6.92 Å². The Morgan fingerprint density at radius 2 is 2.40 bits per heavy atom. The van der Waals surface area contributed by atoms with E-state index in [1.54, 1.807) is 25.3 Å². The van der Waals surface area contributed by atoms with Gasteiger partial charge in [-0.3, -0.25) is 0 Å². The summed E-state index contributed by atoms with van der Waals surface area (Å²) in [5.41, 5.74) is 0.510. The van der Waals surface area contributed by atoms with Gasteiger partial charge in [-0.25, -0.2) is 4.98 Å². The Balaban J connectivity index is 2.42. The number of nitrogens with zero attached hydrogens (tertiary/aromatic N) is 4. The number of nitrogens with one attached hydrogen (secondary N) is 1. The predicted molar refractivity (Wildman–Crippen MR) is 56.3 cm³/mol. The first-order valence-corrected chi connectivity index (χ1v) is 4.55. The Bertz CT molecular complexity index is 470. The summed E-state index contributed by atoms with van der Waals surface area (Å²) in [5, 5.41) is 13.9. The minimum atomic E-state index is 0.377. The van der Waals surface area contributed by atoms with Crippen LogP contribution in [0.15, 0.2) is 18.3 Å². The molecule has 15 heavy (non-hydrogen) atoms. The molecule has 0 radical (unpaired) electrons. The maximum Gasteiger partial charge on any atom is 0.226 e. The van der Waals surface area contributed by atoms with Crippen LogP contribution in [0.2, 0.25) is 0 Å². The van der Waals surface area contributed by atoms with Gasteiger partial charge in [0.05, 0.1) is 0 Å². The van der Waals surface area contributed by atoms with Crippen molar-refractivity contribution in [2.24, 2.45) is 0 Å². The van der Waals surface area contributed by atoms with Crippen LogP contribution in [0.3, 0.4) is 0 Å². The lowest BCUT2D eigenvalue weighted by molar-refractivity contribution is 0.560. The molecule has 0 saturated carbocycles. The Hall–Kier alpha value is -1.89. The number of hydrogen-bond acceptors (Lipinski definition) is 6. The molecular formula is C8H7N5OS. The summed E-state index contributed by atoms with van der Waals surface area (Å²) in [6.07, 6.45) is 1.62. The maximum absolute atomic E-state index is 5.32. The normalized spacial score (nSPS) is 9.93. The van der Waals surface area contributed by atoms with E-state index >= 15 is 0 Å². The maximum atomic E-state index is 5.32. The van der Waals surface area contributed by atoms with Crippen LogP contribution in [0, 0.1) is 0 Å². The minimum Gasteiger partial charge on any atom is -0.448 e. The van der Waals surface area contributed by atoms with Crippen molar-refractivity contribution in [3.05, 3.63) is 18.3 Å². The highest BCUT2D eigenvalue weighted by Crippen LogP contribution is 2.23. The second kappa shape index (κ2) is 4.09. The summed E-state index contributed by atoms with van der Waals surface area (Å²) in [5.74, 6) is 0.897. The summed E-state index contributed by atoms with van der Waals surface area (Å²) in [6, 6.07) is 3.49. The first-order valence-electron chi connectivity index (χ1n) is 4.14. The minimum absolute atomic E-state index is 0.377. The molecular weight excluding hydrogens is 214 g/mol. The molecule has 2 aromatic heterocycles. The van der Waals surface area contributed by atoms with Crippen LogP contribution >= 0.6 is 12.2 Å². The summed E-state index contributed by atoms with van der Waals surface area (Å²) < 4.78 is 5.32. The van der Waals surface area contributed by atoms with Gasteiger partial charge < -0.3 is 4.74 Å². The van der Waals surface area contributed by atoms with Gasteiger partial charge in [0, 0.05) is 13.1 Å². The molecule has 0 saturated heterocycles. The van der Waals surface area contributed by atoms with Gasteiger partial charge in [0.1, 0.15) is 0 Å². The molecule has 0 atom stereocenters. The number of aromatic amines is 1. The molecule has 2 rings (SSSR count). The number of ether oxygens (including phenoxy) is 1. The molecule has 0 unspecified atom stereocenters. The molecule has 0 fully saturated rings. The number of aromatic nitrogens is 5. The smallest absolute Gasteiger partial charge is 0.226 e. The number of tetrazole rings is 1. The number of thiocarbonyl (C=S) groups is 1. The molecule has 1 N–H and O–H groups in total. The zero-order valence-corrected chi connectivity index (χ0v) is 8.65. The fourth-order valence-corrected chi connectivity index (χ4v) is 1.15. The second-order valence-electron chi connectivity index (χ2n) is 2.68. The third kappa shape index (κ3) is 2.13. The molecule has 2 heterocycles. The molecule has 76 valence electrons. The average molecular weight is 221 g/mol. The zero-order chi connectivity index (χ0) is 10.7. The first kappa shape index (κ1) is 9.66. The van der Waals surface area contributed by atoms with E-state index in [0.29, 0.717) is 22.3 Å². The number of hydrogen-bond donors (Lipinski definition) is 1. The van der Waals surface area contributed by atoms with Crippen molar-refractivity contribution in [3.63, 3.8) is 0 Å². The molecule has 0 aromatic carbocycles. The quantitative estimate of drug-likeness (QED) is 0.762.